The summed E-state index contributed by atoms with van der Waals surface area (Å²) in [4.78, 5) is 16.3. The van der Waals surface area contributed by atoms with Crippen molar-refractivity contribution in [2.45, 2.75) is 6.42 Å². The van der Waals surface area contributed by atoms with Crippen molar-refractivity contribution in [3.05, 3.63) is 60.2 Å². The second-order valence-electron chi connectivity index (χ2n) is 6.07. The van der Waals surface area contributed by atoms with Crippen LogP contribution in [0.25, 0.3) is 0 Å². The highest BCUT2D eigenvalue weighted by atomic mass is 16.6. The number of nitrogens with zero attached hydrogens (tertiary/aromatic N) is 2. The molecule has 0 radical (unpaired) electrons. The van der Waals surface area contributed by atoms with Gasteiger partial charge in [-0.25, -0.2) is 4.79 Å². The molecule has 25 heavy (non-hydrogen) atoms. The zero-order chi connectivity index (χ0) is 17.5. The molecule has 5 nitrogen and oxygen atoms in total. The van der Waals surface area contributed by atoms with Crippen molar-refractivity contribution in [3.8, 4) is 11.5 Å². The number of carbonyl (C=O) groups is 1. The summed E-state index contributed by atoms with van der Waals surface area (Å²) >= 11 is 0. The minimum absolute atomic E-state index is 0.268. The predicted octanol–water partition coefficient (Wildman–Crippen LogP) is 3.05. The van der Waals surface area contributed by atoms with E-state index in [1.54, 1.807) is 24.1 Å². The molecule has 3 rings (SSSR count). The first kappa shape index (κ1) is 17.3. The van der Waals surface area contributed by atoms with Crippen LogP contribution in [-0.4, -0.2) is 55.7 Å². The van der Waals surface area contributed by atoms with Gasteiger partial charge in [-0.3, -0.25) is 4.90 Å². The first-order chi connectivity index (χ1) is 12.3. The third kappa shape index (κ3) is 4.73. The number of hydrogen-bond acceptors (Lipinski definition) is 4. The summed E-state index contributed by atoms with van der Waals surface area (Å²) in [5.74, 6) is 1.53. The SMILES string of the molecule is COc1ccccc1CCN1CCN(C(=O)Oc2ccccc2)CC1. The molecule has 0 aromatic heterocycles. The van der Waals surface area contributed by atoms with Crippen LogP contribution in [-0.2, 0) is 6.42 Å². The number of ether oxygens (including phenoxy) is 2. The Morgan fingerprint density at radius 1 is 0.960 bits per heavy atom. The van der Waals surface area contributed by atoms with E-state index < -0.39 is 0 Å². The summed E-state index contributed by atoms with van der Waals surface area (Å²) in [6, 6.07) is 17.3. The Morgan fingerprint density at radius 2 is 1.64 bits per heavy atom. The first-order valence-corrected chi connectivity index (χ1v) is 8.62. The Hall–Kier alpha value is -2.53. The van der Waals surface area contributed by atoms with E-state index in [1.807, 2.05) is 36.4 Å². The van der Waals surface area contributed by atoms with Gasteiger partial charge in [0.1, 0.15) is 11.5 Å². The Bertz CT molecular complexity index is 682. The molecule has 1 saturated heterocycles. The maximum absolute atomic E-state index is 12.2. The lowest BCUT2D eigenvalue weighted by Crippen LogP contribution is -2.49. The number of benzene rings is 2. The van der Waals surface area contributed by atoms with E-state index in [-0.39, 0.29) is 6.09 Å². The van der Waals surface area contributed by atoms with Crippen molar-refractivity contribution in [1.82, 2.24) is 9.80 Å². The third-order valence-corrected chi connectivity index (χ3v) is 4.47. The second-order valence-corrected chi connectivity index (χ2v) is 6.07. The molecular weight excluding hydrogens is 316 g/mol. The van der Waals surface area contributed by atoms with Crippen molar-refractivity contribution in [1.29, 1.82) is 0 Å². The van der Waals surface area contributed by atoms with E-state index in [9.17, 15) is 4.79 Å². The van der Waals surface area contributed by atoms with Crippen molar-refractivity contribution < 1.29 is 14.3 Å². The summed E-state index contributed by atoms with van der Waals surface area (Å²) in [5.41, 5.74) is 1.22. The predicted molar refractivity (Wildman–Crippen MR) is 97.2 cm³/mol. The lowest BCUT2D eigenvalue weighted by atomic mass is 10.1. The number of carbonyl (C=O) groups excluding carboxylic acids is 1. The molecule has 1 amide bonds. The van der Waals surface area contributed by atoms with Gasteiger partial charge in [-0.05, 0) is 30.2 Å². The van der Waals surface area contributed by atoms with Crippen LogP contribution in [0.2, 0.25) is 0 Å². The summed E-state index contributed by atoms with van der Waals surface area (Å²) in [5, 5.41) is 0. The van der Waals surface area contributed by atoms with Crippen LogP contribution in [0.5, 0.6) is 11.5 Å². The van der Waals surface area contributed by atoms with Crippen LogP contribution in [0.15, 0.2) is 54.6 Å². The average molecular weight is 340 g/mol. The van der Waals surface area contributed by atoms with Crippen LogP contribution in [0, 0.1) is 0 Å². The van der Waals surface area contributed by atoms with Gasteiger partial charge in [-0.2, -0.15) is 0 Å². The topological polar surface area (TPSA) is 42.0 Å². The van der Waals surface area contributed by atoms with Gasteiger partial charge in [0.2, 0.25) is 0 Å². The van der Waals surface area contributed by atoms with Gasteiger partial charge in [0, 0.05) is 32.7 Å². The molecule has 0 atom stereocenters. The van der Waals surface area contributed by atoms with E-state index in [1.165, 1.54) is 5.56 Å². The van der Waals surface area contributed by atoms with E-state index in [0.29, 0.717) is 18.8 Å². The van der Waals surface area contributed by atoms with Crippen LogP contribution < -0.4 is 9.47 Å². The van der Waals surface area contributed by atoms with Crippen molar-refractivity contribution >= 4 is 6.09 Å². The monoisotopic (exact) mass is 340 g/mol. The molecule has 1 fully saturated rings. The minimum Gasteiger partial charge on any atom is -0.496 e. The fraction of sp³-hybridized carbons (Fsp3) is 0.350. The molecule has 0 spiro atoms. The molecule has 1 heterocycles. The highest BCUT2D eigenvalue weighted by Crippen LogP contribution is 2.18. The maximum atomic E-state index is 12.2. The third-order valence-electron chi connectivity index (χ3n) is 4.47. The molecule has 0 unspecified atom stereocenters. The van der Waals surface area contributed by atoms with Gasteiger partial charge in [-0.15, -0.1) is 0 Å². The summed E-state index contributed by atoms with van der Waals surface area (Å²) in [6.45, 7) is 4.06. The number of para-hydroxylation sites is 2. The van der Waals surface area contributed by atoms with E-state index in [0.717, 1.165) is 31.8 Å². The molecule has 0 N–H and O–H groups in total. The average Bonchev–Trinajstić information content (AvgIpc) is 2.67. The molecule has 0 bridgehead atoms. The molecule has 2 aromatic rings. The molecule has 132 valence electrons. The molecule has 2 aromatic carbocycles. The maximum Gasteiger partial charge on any atom is 0.415 e. The Kier molecular flexibility index (Phi) is 5.90. The number of piperazine rings is 1. The normalized spacial score (nSPS) is 15.0. The Balaban J connectivity index is 1.45. The zero-order valence-corrected chi connectivity index (χ0v) is 14.6. The van der Waals surface area contributed by atoms with Gasteiger partial charge < -0.3 is 14.4 Å². The second kappa shape index (κ2) is 8.53. The summed E-state index contributed by atoms with van der Waals surface area (Å²) < 4.78 is 10.8. The van der Waals surface area contributed by atoms with Crippen LogP contribution >= 0.6 is 0 Å². The lowest BCUT2D eigenvalue weighted by Gasteiger charge is -2.34. The van der Waals surface area contributed by atoms with Gasteiger partial charge in [0.25, 0.3) is 0 Å². The van der Waals surface area contributed by atoms with Gasteiger partial charge in [-0.1, -0.05) is 36.4 Å². The molecule has 1 aliphatic heterocycles. The summed E-state index contributed by atoms with van der Waals surface area (Å²) in [7, 11) is 1.70. The first-order valence-electron chi connectivity index (χ1n) is 8.62. The quantitative estimate of drug-likeness (QED) is 0.839. The Morgan fingerprint density at radius 3 is 2.36 bits per heavy atom. The number of rotatable bonds is 5. The molecule has 0 aliphatic carbocycles. The van der Waals surface area contributed by atoms with Gasteiger partial charge in [0.05, 0.1) is 7.11 Å². The van der Waals surface area contributed by atoms with Gasteiger partial charge in [0.15, 0.2) is 0 Å². The van der Waals surface area contributed by atoms with Gasteiger partial charge >= 0.3 is 6.09 Å². The number of amides is 1. The smallest absolute Gasteiger partial charge is 0.415 e. The van der Waals surface area contributed by atoms with E-state index in [4.69, 9.17) is 9.47 Å². The van der Waals surface area contributed by atoms with E-state index >= 15 is 0 Å². The molecule has 5 heteroatoms. The molecular formula is C20H24N2O3. The largest absolute Gasteiger partial charge is 0.496 e. The lowest BCUT2D eigenvalue weighted by molar-refractivity contribution is 0.111. The van der Waals surface area contributed by atoms with E-state index in [2.05, 4.69) is 11.0 Å². The van der Waals surface area contributed by atoms with Crippen molar-refractivity contribution in [2.24, 2.45) is 0 Å². The minimum atomic E-state index is -0.268. The zero-order valence-electron chi connectivity index (χ0n) is 14.6. The highest BCUT2D eigenvalue weighted by molar-refractivity contribution is 5.70. The van der Waals surface area contributed by atoms with Crippen LogP contribution in [0.1, 0.15) is 5.56 Å². The molecule has 1 aliphatic rings. The highest BCUT2D eigenvalue weighted by Gasteiger charge is 2.22. The van der Waals surface area contributed by atoms with Crippen LogP contribution in [0.4, 0.5) is 4.79 Å². The Labute approximate surface area is 148 Å². The number of hydrogen-bond donors (Lipinski definition) is 0. The van der Waals surface area contributed by atoms with Crippen molar-refractivity contribution in [2.75, 3.05) is 39.8 Å². The number of methoxy groups -OCH3 is 1. The fourth-order valence-corrected chi connectivity index (χ4v) is 3.00. The van der Waals surface area contributed by atoms with Crippen LogP contribution in [0.3, 0.4) is 0 Å². The summed E-state index contributed by atoms with van der Waals surface area (Å²) in [6.07, 6.45) is 0.675. The molecule has 0 saturated carbocycles. The standard InChI is InChI=1S/C20H24N2O3/c1-24-19-10-6-5-7-17(19)11-12-21-13-15-22(16-14-21)20(23)25-18-8-3-2-4-9-18/h2-10H,11-16H2,1H3. The van der Waals surface area contributed by atoms with Crippen molar-refractivity contribution in [3.63, 3.8) is 0 Å². The fourth-order valence-electron chi connectivity index (χ4n) is 3.00.